The Morgan fingerprint density at radius 2 is 1.80 bits per heavy atom. The summed E-state index contributed by atoms with van der Waals surface area (Å²) in [7, 11) is 0. The zero-order chi connectivity index (χ0) is 21.7. The molecule has 1 heterocycles. The zero-order valence-electron chi connectivity index (χ0n) is 16.8. The van der Waals surface area contributed by atoms with Crippen molar-refractivity contribution in [2.45, 2.75) is 20.3 Å². The number of H-pyrrole nitrogens is 1. The second-order valence-electron chi connectivity index (χ2n) is 6.84. The molecule has 0 atom stereocenters. The molecule has 8 heteroatoms. The summed E-state index contributed by atoms with van der Waals surface area (Å²) < 4.78 is 5.65. The van der Waals surface area contributed by atoms with Gasteiger partial charge in [0.25, 0.3) is 0 Å². The number of hydrogen-bond acceptors (Lipinski definition) is 7. The number of aromatic amines is 1. The highest BCUT2D eigenvalue weighted by Gasteiger charge is 2.08. The van der Waals surface area contributed by atoms with Crippen molar-refractivity contribution in [2.24, 2.45) is 0 Å². The van der Waals surface area contributed by atoms with E-state index in [1.165, 1.54) is 0 Å². The van der Waals surface area contributed by atoms with Crippen LogP contribution < -0.4 is 15.1 Å². The number of phenols is 1. The van der Waals surface area contributed by atoms with Gasteiger partial charge in [0, 0.05) is 12.0 Å². The summed E-state index contributed by atoms with van der Waals surface area (Å²) in [5.74, 6) is 0.902. The van der Waals surface area contributed by atoms with Crippen molar-refractivity contribution in [2.75, 3.05) is 13.2 Å². The fraction of sp³-hybridized carbons (Fsp3) is 0.227. The maximum absolute atomic E-state index is 11.2. The Kier molecular flexibility index (Phi) is 6.81. The van der Waals surface area contributed by atoms with Crippen molar-refractivity contribution in [3.63, 3.8) is 0 Å². The van der Waals surface area contributed by atoms with Gasteiger partial charge < -0.3 is 14.9 Å². The number of thiazole rings is 1. The lowest BCUT2D eigenvalue weighted by atomic mass is 10.0. The highest BCUT2D eigenvalue weighted by atomic mass is 32.1. The van der Waals surface area contributed by atoms with Crippen LogP contribution in [0, 0.1) is 13.8 Å². The molecule has 0 radical (unpaired) electrons. The monoisotopic (exact) mass is 428 g/mol. The van der Waals surface area contributed by atoms with Gasteiger partial charge in [0.2, 0.25) is 5.88 Å². The number of phenolic OH excluding ortho intramolecular Hbond substituents is 1. The topological polar surface area (TPSA) is 104 Å². The molecule has 2 aromatic carbocycles. The second kappa shape index (κ2) is 9.51. The van der Waals surface area contributed by atoms with E-state index in [0.717, 1.165) is 33.6 Å². The summed E-state index contributed by atoms with van der Waals surface area (Å²) in [5.41, 5.74) is 6.76. The molecule has 0 spiro atoms. The Morgan fingerprint density at radius 3 is 2.40 bits per heavy atom. The Balaban J connectivity index is 1.42. The van der Waals surface area contributed by atoms with E-state index in [-0.39, 0.29) is 16.5 Å². The van der Waals surface area contributed by atoms with Crippen LogP contribution in [0.15, 0.2) is 47.8 Å². The highest BCUT2D eigenvalue weighted by molar-refractivity contribution is 7.09. The smallest absolute Gasteiger partial charge is 0.307 e. The lowest BCUT2D eigenvalue weighted by Gasteiger charge is -2.13. The molecular weight excluding hydrogens is 404 g/mol. The third-order valence-electron chi connectivity index (χ3n) is 4.48. The first-order valence-corrected chi connectivity index (χ1v) is 10.1. The van der Waals surface area contributed by atoms with Crippen LogP contribution in [0.5, 0.6) is 17.4 Å². The van der Waals surface area contributed by atoms with Crippen LogP contribution in [0.4, 0.5) is 0 Å². The number of hydrogen-bond donors (Lipinski definition) is 4. The van der Waals surface area contributed by atoms with Gasteiger partial charge in [-0.15, -0.1) is 0 Å². The van der Waals surface area contributed by atoms with Gasteiger partial charge >= 0.3 is 4.87 Å². The fourth-order valence-corrected chi connectivity index (χ4v) is 3.65. The number of benzene rings is 2. The molecule has 0 aliphatic rings. The first kappa shape index (κ1) is 21.5. The average molecular weight is 429 g/mol. The molecule has 3 aromatic rings. The number of nitrogens with one attached hydrogen (secondary N) is 2. The standard InChI is InChI=1S/C22H24N2O5S/c1-13-10-17(11-14(2)20(13)25)15(3)24-29-9-8-28-18-6-4-16(5-7-18)12-19-21(26)23-22(27)30-19/h4-7,10-11,24-26H,3,8-9,12H2,1-2H3,(H,23,27). The molecule has 0 bridgehead atoms. The summed E-state index contributed by atoms with van der Waals surface area (Å²) >= 11 is 1.00. The molecule has 7 nitrogen and oxygen atoms in total. The van der Waals surface area contributed by atoms with Gasteiger partial charge in [-0.1, -0.05) is 30.0 Å². The van der Waals surface area contributed by atoms with E-state index in [0.29, 0.717) is 36.0 Å². The molecule has 0 amide bonds. The highest BCUT2D eigenvalue weighted by Crippen LogP contribution is 2.25. The fourth-order valence-electron chi connectivity index (χ4n) is 2.89. The van der Waals surface area contributed by atoms with Gasteiger partial charge in [0.1, 0.15) is 24.7 Å². The molecule has 1 aromatic heterocycles. The number of hydroxylamine groups is 1. The largest absolute Gasteiger partial charge is 0.507 e. The Hall–Kier alpha value is -3.23. The van der Waals surface area contributed by atoms with E-state index in [9.17, 15) is 15.0 Å². The molecule has 158 valence electrons. The van der Waals surface area contributed by atoms with Crippen molar-refractivity contribution in [3.05, 3.63) is 79.8 Å². The predicted molar refractivity (Wildman–Crippen MR) is 117 cm³/mol. The van der Waals surface area contributed by atoms with Gasteiger partial charge in [-0.05, 0) is 54.8 Å². The van der Waals surface area contributed by atoms with Crippen molar-refractivity contribution in [1.82, 2.24) is 10.5 Å². The van der Waals surface area contributed by atoms with Gasteiger partial charge in [-0.25, -0.2) is 0 Å². The first-order chi connectivity index (χ1) is 14.3. The molecule has 0 saturated heterocycles. The predicted octanol–water partition coefficient (Wildman–Crippen LogP) is 3.63. The van der Waals surface area contributed by atoms with E-state index in [1.54, 1.807) is 0 Å². The van der Waals surface area contributed by atoms with Crippen LogP contribution in [0.25, 0.3) is 5.70 Å². The quantitative estimate of drug-likeness (QED) is 0.307. The van der Waals surface area contributed by atoms with Crippen LogP contribution in [-0.4, -0.2) is 28.4 Å². The van der Waals surface area contributed by atoms with Gasteiger partial charge in [-0.3, -0.25) is 20.1 Å². The van der Waals surface area contributed by atoms with E-state index >= 15 is 0 Å². The third kappa shape index (κ3) is 5.43. The molecule has 30 heavy (non-hydrogen) atoms. The molecule has 0 unspecified atom stereocenters. The minimum Gasteiger partial charge on any atom is -0.507 e. The van der Waals surface area contributed by atoms with Crippen LogP contribution in [0.1, 0.15) is 27.1 Å². The lowest BCUT2D eigenvalue weighted by molar-refractivity contribution is 0.0541. The van der Waals surface area contributed by atoms with Crippen molar-refractivity contribution in [1.29, 1.82) is 0 Å². The molecule has 3 rings (SSSR count). The number of rotatable bonds is 9. The number of aromatic nitrogens is 1. The first-order valence-electron chi connectivity index (χ1n) is 9.33. The third-order valence-corrected chi connectivity index (χ3v) is 5.35. The van der Waals surface area contributed by atoms with Crippen molar-refractivity contribution >= 4 is 17.0 Å². The van der Waals surface area contributed by atoms with Gasteiger partial charge in [-0.2, -0.15) is 0 Å². The van der Waals surface area contributed by atoms with Crippen molar-refractivity contribution in [3.8, 4) is 17.4 Å². The normalized spacial score (nSPS) is 10.7. The molecule has 0 fully saturated rings. The van der Waals surface area contributed by atoms with Crippen LogP contribution in [0.3, 0.4) is 0 Å². The maximum Gasteiger partial charge on any atom is 0.307 e. The molecule has 0 aliphatic carbocycles. The average Bonchev–Trinajstić information content (AvgIpc) is 3.03. The van der Waals surface area contributed by atoms with E-state index < -0.39 is 0 Å². The van der Waals surface area contributed by atoms with Crippen LogP contribution in [-0.2, 0) is 11.3 Å². The van der Waals surface area contributed by atoms with E-state index in [2.05, 4.69) is 17.0 Å². The van der Waals surface area contributed by atoms with Gasteiger partial charge in [0.15, 0.2) is 0 Å². The van der Waals surface area contributed by atoms with Crippen LogP contribution in [0.2, 0.25) is 0 Å². The minimum absolute atomic E-state index is 0.0748. The number of aryl methyl sites for hydroxylation is 2. The summed E-state index contributed by atoms with van der Waals surface area (Å²) in [6, 6.07) is 11.1. The summed E-state index contributed by atoms with van der Waals surface area (Å²) in [6.45, 7) is 8.27. The molecule has 0 aliphatic heterocycles. The minimum atomic E-state index is -0.269. The number of ether oxygens (including phenoxy) is 1. The SMILES string of the molecule is C=C(NOCCOc1ccc(Cc2sc(=O)[nH]c2O)cc1)c1cc(C)c(O)c(C)c1. The summed E-state index contributed by atoms with van der Waals surface area (Å²) in [5, 5.41) is 19.5. The van der Waals surface area contributed by atoms with Crippen molar-refractivity contribution < 1.29 is 19.8 Å². The molecule has 0 saturated carbocycles. The molecular formula is C22H24N2O5S. The van der Waals surface area contributed by atoms with E-state index in [4.69, 9.17) is 9.57 Å². The maximum atomic E-state index is 11.2. The van der Waals surface area contributed by atoms with Gasteiger partial charge in [0.05, 0.1) is 10.6 Å². The zero-order valence-corrected chi connectivity index (χ0v) is 17.6. The summed E-state index contributed by atoms with van der Waals surface area (Å²) in [4.78, 5) is 19.3. The number of aromatic hydroxyl groups is 2. The lowest BCUT2D eigenvalue weighted by Crippen LogP contribution is -2.17. The Morgan fingerprint density at radius 1 is 1.13 bits per heavy atom. The second-order valence-corrected chi connectivity index (χ2v) is 7.91. The Bertz CT molecular complexity index is 1060. The van der Waals surface area contributed by atoms with E-state index in [1.807, 2.05) is 50.2 Å². The molecule has 4 N–H and O–H groups in total. The summed E-state index contributed by atoms with van der Waals surface area (Å²) in [6.07, 6.45) is 0.473. The Labute approximate surface area is 178 Å². The van der Waals surface area contributed by atoms with Crippen LogP contribution >= 0.6 is 11.3 Å².